The van der Waals surface area contributed by atoms with E-state index in [0.29, 0.717) is 5.56 Å². The van der Waals surface area contributed by atoms with Crippen molar-refractivity contribution in [2.24, 2.45) is 0 Å². The molecule has 0 aliphatic rings. The molecule has 74 valence electrons. The fourth-order valence-corrected chi connectivity index (χ4v) is 1.30. The maximum Gasteiger partial charge on any atom is 0.138 e. The number of hydrogen-bond donors (Lipinski definition) is 1. The van der Waals surface area contributed by atoms with E-state index in [4.69, 9.17) is 0 Å². The summed E-state index contributed by atoms with van der Waals surface area (Å²) in [5, 5.41) is 2.97. The maximum absolute atomic E-state index is 13.1. The van der Waals surface area contributed by atoms with Crippen LogP contribution in [0.3, 0.4) is 0 Å². The molecule has 0 aliphatic carbocycles. The summed E-state index contributed by atoms with van der Waals surface area (Å²) in [4.78, 5) is 0. The van der Waals surface area contributed by atoms with E-state index in [1.54, 1.807) is 12.1 Å². The van der Waals surface area contributed by atoms with Crippen molar-refractivity contribution in [1.29, 1.82) is 0 Å². The smallest absolute Gasteiger partial charge is 0.138 e. The predicted molar refractivity (Wildman–Crippen MR) is 59.5 cm³/mol. The van der Waals surface area contributed by atoms with Gasteiger partial charge in [0.05, 0.1) is 5.56 Å². The van der Waals surface area contributed by atoms with E-state index in [1.807, 2.05) is 7.05 Å². The van der Waals surface area contributed by atoms with E-state index in [0.717, 1.165) is 17.4 Å². The quantitative estimate of drug-likeness (QED) is 0.633. The van der Waals surface area contributed by atoms with Gasteiger partial charge >= 0.3 is 0 Å². The Bertz CT molecular complexity index is 365. The summed E-state index contributed by atoms with van der Waals surface area (Å²) in [5.41, 5.74) is 0.440. The van der Waals surface area contributed by atoms with Gasteiger partial charge in [0, 0.05) is 17.4 Å². The predicted octanol–water partition coefficient (Wildman–Crippen LogP) is 2.55. The molecule has 0 fully saturated rings. The summed E-state index contributed by atoms with van der Waals surface area (Å²) in [5.74, 6) is 5.42. The highest BCUT2D eigenvalue weighted by Gasteiger charge is 1.98. The first-order chi connectivity index (χ1) is 6.74. The van der Waals surface area contributed by atoms with Crippen molar-refractivity contribution >= 4 is 15.9 Å². The Balaban J connectivity index is 2.73. The van der Waals surface area contributed by atoms with Crippen LogP contribution in [0.25, 0.3) is 0 Å². The van der Waals surface area contributed by atoms with Crippen molar-refractivity contribution in [2.75, 3.05) is 13.6 Å². The lowest BCUT2D eigenvalue weighted by atomic mass is 10.2. The Kier molecular flexibility index (Phi) is 4.64. The zero-order valence-electron chi connectivity index (χ0n) is 7.90. The highest BCUT2D eigenvalue weighted by atomic mass is 79.9. The number of hydrogen-bond acceptors (Lipinski definition) is 1. The molecule has 0 unspecified atom stereocenters. The van der Waals surface area contributed by atoms with Crippen LogP contribution in [0.2, 0.25) is 0 Å². The van der Waals surface area contributed by atoms with Crippen LogP contribution < -0.4 is 5.32 Å². The molecule has 0 spiro atoms. The molecule has 0 bridgehead atoms. The van der Waals surface area contributed by atoms with E-state index in [1.165, 1.54) is 6.07 Å². The highest BCUT2D eigenvalue weighted by Crippen LogP contribution is 2.14. The minimum Gasteiger partial charge on any atom is -0.319 e. The minimum atomic E-state index is -0.273. The number of nitrogens with one attached hydrogen (secondary N) is 1. The Morgan fingerprint density at radius 2 is 2.29 bits per heavy atom. The third kappa shape index (κ3) is 3.49. The Morgan fingerprint density at radius 3 is 3.00 bits per heavy atom. The zero-order chi connectivity index (χ0) is 10.4. The molecule has 0 saturated carbocycles. The minimum absolute atomic E-state index is 0.273. The second kappa shape index (κ2) is 5.79. The van der Waals surface area contributed by atoms with Crippen LogP contribution >= 0.6 is 15.9 Å². The van der Waals surface area contributed by atoms with Crippen LogP contribution in [-0.2, 0) is 0 Å². The monoisotopic (exact) mass is 255 g/mol. The van der Waals surface area contributed by atoms with Crippen molar-refractivity contribution in [1.82, 2.24) is 5.32 Å². The molecule has 1 aromatic carbocycles. The van der Waals surface area contributed by atoms with Crippen molar-refractivity contribution in [3.63, 3.8) is 0 Å². The Labute approximate surface area is 91.8 Å². The third-order valence-corrected chi connectivity index (χ3v) is 2.14. The SMILES string of the molecule is CNCCC#Cc1cc(Br)ccc1F. The first-order valence-corrected chi connectivity index (χ1v) is 5.12. The Morgan fingerprint density at radius 1 is 1.50 bits per heavy atom. The summed E-state index contributed by atoms with van der Waals surface area (Å²) in [7, 11) is 1.86. The average Bonchev–Trinajstić information content (AvgIpc) is 2.18. The van der Waals surface area contributed by atoms with Crippen LogP contribution in [0.15, 0.2) is 22.7 Å². The van der Waals surface area contributed by atoms with E-state index in [-0.39, 0.29) is 5.82 Å². The molecule has 3 heteroatoms. The van der Waals surface area contributed by atoms with Gasteiger partial charge in [0.2, 0.25) is 0 Å². The van der Waals surface area contributed by atoms with Gasteiger partial charge in [-0.3, -0.25) is 0 Å². The van der Waals surface area contributed by atoms with Gasteiger partial charge < -0.3 is 5.32 Å². The van der Waals surface area contributed by atoms with Crippen LogP contribution in [0.5, 0.6) is 0 Å². The maximum atomic E-state index is 13.1. The first kappa shape index (κ1) is 11.2. The van der Waals surface area contributed by atoms with E-state index in [9.17, 15) is 4.39 Å². The van der Waals surface area contributed by atoms with Crippen LogP contribution in [0.1, 0.15) is 12.0 Å². The second-order valence-electron chi connectivity index (χ2n) is 2.78. The first-order valence-electron chi connectivity index (χ1n) is 4.32. The molecule has 0 heterocycles. The fraction of sp³-hybridized carbons (Fsp3) is 0.273. The van der Waals surface area contributed by atoms with Gasteiger partial charge in [0.1, 0.15) is 5.82 Å². The molecule has 1 nitrogen and oxygen atoms in total. The van der Waals surface area contributed by atoms with Gasteiger partial charge in [-0.2, -0.15) is 0 Å². The average molecular weight is 256 g/mol. The van der Waals surface area contributed by atoms with Gasteiger partial charge in [0.15, 0.2) is 0 Å². The molecule has 0 amide bonds. The summed E-state index contributed by atoms with van der Waals surface area (Å²) in [6, 6.07) is 4.75. The lowest BCUT2D eigenvalue weighted by Crippen LogP contribution is -2.05. The second-order valence-corrected chi connectivity index (χ2v) is 3.70. The summed E-state index contributed by atoms with van der Waals surface area (Å²) >= 11 is 3.27. The number of rotatable bonds is 2. The molecule has 1 aromatic rings. The lowest BCUT2D eigenvalue weighted by Gasteiger charge is -1.94. The van der Waals surface area contributed by atoms with Gasteiger partial charge in [0.25, 0.3) is 0 Å². The number of benzene rings is 1. The molecular formula is C11H11BrFN. The summed E-state index contributed by atoms with van der Waals surface area (Å²) < 4.78 is 14.0. The molecular weight excluding hydrogens is 245 g/mol. The number of halogens is 2. The molecule has 1 N–H and O–H groups in total. The van der Waals surface area contributed by atoms with Gasteiger partial charge in [-0.05, 0) is 25.2 Å². The normalized spacial score (nSPS) is 9.36. The topological polar surface area (TPSA) is 12.0 Å². The lowest BCUT2D eigenvalue weighted by molar-refractivity contribution is 0.624. The van der Waals surface area contributed by atoms with Gasteiger partial charge in [-0.15, -0.1) is 0 Å². The standard InChI is InChI=1S/C11H11BrFN/c1-14-7-3-2-4-9-8-10(12)5-6-11(9)13/h5-6,8,14H,3,7H2,1H3. The van der Waals surface area contributed by atoms with Crippen molar-refractivity contribution < 1.29 is 4.39 Å². The summed E-state index contributed by atoms with van der Waals surface area (Å²) in [6.07, 6.45) is 0.725. The van der Waals surface area contributed by atoms with E-state index in [2.05, 4.69) is 33.1 Å². The van der Waals surface area contributed by atoms with Crippen molar-refractivity contribution in [3.8, 4) is 11.8 Å². The molecule has 0 radical (unpaired) electrons. The third-order valence-electron chi connectivity index (χ3n) is 1.65. The zero-order valence-corrected chi connectivity index (χ0v) is 9.49. The largest absolute Gasteiger partial charge is 0.319 e. The molecule has 14 heavy (non-hydrogen) atoms. The van der Waals surface area contributed by atoms with E-state index >= 15 is 0 Å². The van der Waals surface area contributed by atoms with E-state index < -0.39 is 0 Å². The molecule has 0 saturated heterocycles. The van der Waals surface area contributed by atoms with Crippen molar-refractivity contribution in [3.05, 3.63) is 34.1 Å². The van der Waals surface area contributed by atoms with Gasteiger partial charge in [-0.1, -0.05) is 27.8 Å². The van der Waals surface area contributed by atoms with Gasteiger partial charge in [-0.25, -0.2) is 4.39 Å². The van der Waals surface area contributed by atoms with Crippen LogP contribution in [0.4, 0.5) is 4.39 Å². The molecule has 0 aromatic heterocycles. The fourth-order valence-electron chi connectivity index (χ4n) is 0.939. The van der Waals surface area contributed by atoms with Crippen LogP contribution in [0, 0.1) is 17.7 Å². The molecule has 1 rings (SSSR count). The molecule has 0 atom stereocenters. The Hall–Kier alpha value is -0.850. The van der Waals surface area contributed by atoms with Crippen LogP contribution in [-0.4, -0.2) is 13.6 Å². The summed E-state index contributed by atoms with van der Waals surface area (Å²) in [6.45, 7) is 0.822. The molecule has 0 aliphatic heterocycles. The highest BCUT2D eigenvalue weighted by molar-refractivity contribution is 9.10. The van der Waals surface area contributed by atoms with Crippen molar-refractivity contribution in [2.45, 2.75) is 6.42 Å².